The molecular weight excluding hydrogens is 520 g/mol. The highest BCUT2D eigenvalue weighted by Crippen LogP contribution is 2.34. The topological polar surface area (TPSA) is 74.4 Å². The molecule has 5 nitrogen and oxygen atoms in total. The van der Waals surface area contributed by atoms with Crippen molar-refractivity contribution < 1.29 is 14.9 Å². The predicted octanol–water partition coefficient (Wildman–Crippen LogP) is 10.3. The molecule has 0 heterocycles. The van der Waals surface area contributed by atoms with Crippen LogP contribution in [0.2, 0.25) is 0 Å². The van der Waals surface area contributed by atoms with Gasteiger partial charge in [-0.2, -0.15) is 0 Å². The molecular formula is C37H50N2O3. The average Bonchev–Trinajstić information content (AvgIpc) is 2.99. The Balaban J connectivity index is 1.89. The molecule has 0 spiro atoms. The van der Waals surface area contributed by atoms with Crippen molar-refractivity contribution in [2.75, 3.05) is 6.61 Å². The zero-order chi connectivity index (χ0) is 30.2. The van der Waals surface area contributed by atoms with Crippen LogP contribution >= 0.6 is 0 Å². The maximum Gasteiger partial charge on any atom is 0.124 e. The summed E-state index contributed by atoms with van der Waals surface area (Å²) in [5, 5.41) is 21.0. The quantitative estimate of drug-likeness (QED) is 0.118. The zero-order valence-corrected chi connectivity index (χ0v) is 26.2. The lowest BCUT2D eigenvalue weighted by atomic mass is 9.96. The first-order chi connectivity index (χ1) is 20.4. The third-order valence-corrected chi connectivity index (χ3v) is 7.53. The van der Waals surface area contributed by atoms with E-state index in [0.29, 0.717) is 17.7 Å². The van der Waals surface area contributed by atoms with E-state index in [0.717, 1.165) is 67.6 Å². The van der Waals surface area contributed by atoms with E-state index in [1.807, 2.05) is 25.1 Å². The number of ether oxygens (including phenoxy) is 1. The van der Waals surface area contributed by atoms with Gasteiger partial charge in [0.2, 0.25) is 0 Å². The van der Waals surface area contributed by atoms with Gasteiger partial charge in [0, 0.05) is 23.6 Å². The van der Waals surface area contributed by atoms with Gasteiger partial charge in [0.05, 0.1) is 18.0 Å². The Hall–Kier alpha value is -3.60. The van der Waals surface area contributed by atoms with Gasteiger partial charge in [-0.25, -0.2) is 0 Å². The van der Waals surface area contributed by atoms with E-state index >= 15 is 0 Å². The summed E-state index contributed by atoms with van der Waals surface area (Å²) in [6.45, 7) is 9.31. The number of phenols is 2. The maximum absolute atomic E-state index is 10.6. The number of hydrogen-bond donors (Lipinski definition) is 2. The molecule has 0 aliphatic rings. The van der Waals surface area contributed by atoms with Crippen LogP contribution in [-0.2, 0) is 12.8 Å². The Kier molecular flexibility index (Phi) is 14.1. The fourth-order valence-corrected chi connectivity index (χ4v) is 4.92. The predicted molar refractivity (Wildman–Crippen MR) is 178 cm³/mol. The first-order valence-electron chi connectivity index (χ1n) is 15.9. The van der Waals surface area contributed by atoms with Crippen LogP contribution in [0, 0.1) is 6.92 Å². The second kappa shape index (κ2) is 18.0. The Morgan fingerprint density at radius 3 is 1.74 bits per heavy atom. The van der Waals surface area contributed by atoms with E-state index in [4.69, 9.17) is 14.7 Å². The minimum absolute atomic E-state index is 0.158. The van der Waals surface area contributed by atoms with E-state index in [1.54, 1.807) is 30.6 Å². The number of rotatable bonds is 18. The Morgan fingerprint density at radius 1 is 0.619 bits per heavy atom. The van der Waals surface area contributed by atoms with Crippen molar-refractivity contribution in [2.24, 2.45) is 9.98 Å². The second-order valence-electron chi connectivity index (χ2n) is 11.2. The molecule has 226 valence electrons. The second-order valence-corrected chi connectivity index (χ2v) is 11.2. The largest absolute Gasteiger partial charge is 0.507 e. The van der Waals surface area contributed by atoms with E-state index in [-0.39, 0.29) is 11.5 Å². The third-order valence-electron chi connectivity index (χ3n) is 7.53. The molecule has 0 bridgehead atoms. The molecule has 0 atom stereocenters. The summed E-state index contributed by atoms with van der Waals surface area (Å²) < 4.78 is 5.99. The highest BCUT2D eigenvalue weighted by Gasteiger charge is 2.11. The van der Waals surface area contributed by atoms with Crippen molar-refractivity contribution in [1.29, 1.82) is 0 Å². The maximum atomic E-state index is 10.6. The van der Waals surface area contributed by atoms with Crippen LogP contribution in [0.3, 0.4) is 0 Å². The van der Waals surface area contributed by atoms with E-state index < -0.39 is 0 Å². The normalized spacial score (nSPS) is 11.6. The third kappa shape index (κ3) is 10.7. The summed E-state index contributed by atoms with van der Waals surface area (Å²) >= 11 is 0. The number of nitrogens with zero attached hydrogens (tertiary/aromatic N) is 2. The molecule has 0 saturated carbocycles. The van der Waals surface area contributed by atoms with Crippen LogP contribution in [-0.4, -0.2) is 29.2 Å². The fraction of sp³-hybridized carbons (Fsp3) is 0.459. The fourth-order valence-electron chi connectivity index (χ4n) is 4.92. The molecule has 3 aromatic rings. The molecule has 0 fully saturated rings. The molecule has 0 saturated heterocycles. The van der Waals surface area contributed by atoms with Crippen molar-refractivity contribution in [2.45, 2.75) is 105 Å². The van der Waals surface area contributed by atoms with Gasteiger partial charge in [-0.1, -0.05) is 77.3 Å². The van der Waals surface area contributed by atoms with Gasteiger partial charge in [-0.15, -0.1) is 0 Å². The molecule has 0 unspecified atom stereocenters. The summed E-state index contributed by atoms with van der Waals surface area (Å²) in [5.41, 5.74) is 6.42. The summed E-state index contributed by atoms with van der Waals surface area (Å²) in [7, 11) is 0. The van der Waals surface area contributed by atoms with Crippen molar-refractivity contribution in [3.63, 3.8) is 0 Å². The first-order valence-corrected chi connectivity index (χ1v) is 15.9. The van der Waals surface area contributed by atoms with Gasteiger partial charge in [0.1, 0.15) is 17.2 Å². The number of unbranched alkanes of at least 4 members (excludes halogenated alkanes) is 7. The molecule has 0 amide bonds. The Bertz CT molecular complexity index is 1310. The molecule has 0 aliphatic carbocycles. The number of aliphatic imine (C=N–C) groups is 2. The van der Waals surface area contributed by atoms with Gasteiger partial charge in [0.15, 0.2) is 0 Å². The molecule has 5 heteroatoms. The lowest BCUT2D eigenvalue weighted by molar-refractivity contribution is 0.304. The van der Waals surface area contributed by atoms with E-state index in [2.05, 4.69) is 32.9 Å². The van der Waals surface area contributed by atoms with Crippen molar-refractivity contribution in [3.05, 3.63) is 76.3 Å². The molecule has 0 radical (unpaired) electrons. The molecule has 42 heavy (non-hydrogen) atoms. The first kappa shape index (κ1) is 32.9. The van der Waals surface area contributed by atoms with Crippen LogP contribution in [0.5, 0.6) is 17.2 Å². The molecule has 3 aromatic carbocycles. The number of hydrogen-bond acceptors (Lipinski definition) is 5. The van der Waals surface area contributed by atoms with Crippen molar-refractivity contribution >= 4 is 23.8 Å². The lowest BCUT2D eigenvalue weighted by Crippen LogP contribution is -1.98. The molecule has 0 aromatic heterocycles. The van der Waals surface area contributed by atoms with Crippen molar-refractivity contribution in [1.82, 2.24) is 0 Å². The van der Waals surface area contributed by atoms with E-state index in [1.165, 1.54) is 43.2 Å². The molecule has 3 rings (SSSR count). The summed E-state index contributed by atoms with van der Waals surface area (Å²) in [6, 6.07) is 15.1. The zero-order valence-electron chi connectivity index (χ0n) is 26.2. The van der Waals surface area contributed by atoms with Gasteiger partial charge in [0.25, 0.3) is 0 Å². The SMILES string of the molecule is CCCCCCCCOc1ccc(O)c(C=Nc2cc(CCCC)c(CCCC)cc2N=Cc2cc(C)ccc2O)c1. The minimum Gasteiger partial charge on any atom is -0.507 e. The van der Waals surface area contributed by atoms with Crippen LogP contribution < -0.4 is 4.74 Å². The molecule has 0 aliphatic heterocycles. The number of aromatic hydroxyl groups is 2. The summed E-state index contributed by atoms with van der Waals surface area (Å²) in [6.07, 6.45) is 17.1. The standard InChI is InChI=1S/C37H50N2O3/c1-5-8-11-12-13-14-21-42-33-18-20-37(41)32(23-33)27-39-35-25-30(16-10-7-3)29(15-9-6-2)24-34(35)38-26-31-22-28(4)17-19-36(31)40/h17-20,22-27,40-41H,5-16,21H2,1-4H3. The van der Waals surface area contributed by atoms with Gasteiger partial charge >= 0.3 is 0 Å². The van der Waals surface area contributed by atoms with Crippen molar-refractivity contribution in [3.8, 4) is 17.2 Å². The number of aryl methyl sites for hydroxylation is 3. The minimum atomic E-state index is 0.158. The monoisotopic (exact) mass is 570 g/mol. The summed E-state index contributed by atoms with van der Waals surface area (Å²) in [4.78, 5) is 9.65. The number of benzene rings is 3. The molecule has 2 N–H and O–H groups in total. The van der Waals surface area contributed by atoms with Gasteiger partial charge in [-0.05, 0) is 92.6 Å². The Morgan fingerprint density at radius 2 is 1.14 bits per heavy atom. The lowest BCUT2D eigenvalue weighted by Gasteiger charge is -2.13. The number of phenolic OH excluding ortho intramolecular Hbond substituents is 2. The Labute approximate surface area is 253 Å². The van der Waals surface area contributed by atoms with Gasteiger partial charge < -0.3 is 14.9 Å². The van der Waals surface area contributed by atoms with E-state index in [9.17, 15) is 10.2 Å². The van der Waals surface area contributed by atoms with Crippen LogP contribution in [0.25, 0.3) is 0 Å². The highest BCUT2D eigenvalue weighted by molar-refractivity contribution is 5.90. The van der Waals surface area contributed by atoms with Crippen LogP contribution in [0.1, 0.15) is 113 Å². The average molecular weight is 571 g/mol. The van der Waals surface area contributed by atoms with Crippen LogP contribution in [0.15, 0.2) is 58.5 Å². The smallest absolute Gasteiger partial charge is 0.124 e. The van der Waals surface area contributed by atoms with Gasteiger partial charge in [-0.3, -0.25) is 9.98 Å². The van der Waals surface area contributed by atoms with Crippen LogP contribution in [0.4, 0.5) is 11.4 Å². The highest BCUT2D eigenvalue weighted by atomic mass is 16.5. The summed E-state index contributed by atoms with van der Waals surface area (Å²) in [5.74, 6) is 1.09.